The smallest absolute Gasteiger partial charge is 0.277 e. The van der Waals surface area contributed by atoms with Crippen molar-refractivity contribution in [2.24, 2.45) is 0 Å². The summed E-state index contributed by atoms with van der Waals surface area (Å²) in [7, 11) is 0. The predicted molar refractivity (Wildman–Crippen MR) is 146 cm³/mol. The van der Waals surface area contributed by atoms with Gasteiger partial charge in [-0.2, -0.15) is 5.10 Å². The average Bonchev–Trinajstić information content (AvgIpc) is 3.41. The van der Waals surface area contributed by atoms with E-state index in [-0.39, 0.29) is 24.7 Å². The fourth-order valence-corrected chi connectivity index (χ4v) is 4.19. The van der Waals surface area contributed by atoms with Gasteiger partial charge in [-0.1, -0.05) is 17.3 Å². The third-order valence-electron chi connectivity index (χ3n) is 6.22. The van der Waals surface area contributed by atoms with E-state index < -0.39 is 17.5 Å². The standard InChI is InChI=1S/C26H34N8O7/c1-18(35)28-16-20-17-33(32-31-20)8-10-40-12-14-41-13-11-39-9-7-27-21-4-2-3-19-15-29-34(26(38)24(19)21)22-5-6-23(36)30-25(22)37/h2-4,15,17,22,27H,5-14,16H2,1H3,(H,28,35)(H,30,36,37). The van der Waals surface area contributed by atoms with Crippen LogP contribution < -0.4 is 21.5 Å². The number of ether oxygens (including phenoxy) is 3. The summed E-state index contributed by atoms with van der Waals surface area (Å²) in [6, 6.07) is 4.56. The number of rotatable bonds is 16. The van der Waals surface area contributed by atoms with Crippen molar-refractivity contribution in [1.82, 2.24) is 35.4 Å². The van der Waals surface area contributed by atoms with Crippen molar-refractivity contribution in [3.8, 4) is 0 Å². The van der Waals surface area contributed by atoms with Gasteiger partial charge < -0.3 is 24.8 Å². The molecule has 2 aromatic heterocycles. The number of hydrogen-bond acceptors (Lipinski definition) is 11. The van der Waals surface area contributed by atoms with E-state index in [0.29, 0.717) is 81.4 Å². The molecule has 15 heteroatoms. The molecular weight excluding hydrogens is 536 g/mol. The molecule has 15 nitrogen and oxygen atoms in total. The van der Waals surface area contributed by atoms with Crippen molar-refractivity contribution in [3.63, 3.8) is 0 Å². The van der Waals surface area contributed by atoms with Crippen LogP contribution in [0.2, 0.25) is 0 Å². The molecule has 0 spiro atoms. The molecule has 0 bridgehead atoms. The highest BCUT2D eigenvalue weighted by Gasteiger charge is 2.30. The van der Waals surface area contributed by atoms with Gasteiger partial charge in [0, 0.05) is 31.0 Å². The number of benzene rings is 1. The first-order valence-electron chi connectivity index (χ1n) is 13.4. The average molecular weight is 571 g/mol. The number of carbonyl (C=O) groups is 3. The predicted octanol–water partition coefficient (Wildman–Crippen LogP) is -0.236. The van der Waals surface area contributed by atoms with Gasteiger partial charge in [0.05, 0.1) is 70.5 Å². The number of imide groups is 1. The van der Waals surface area contributed by atoms with E-state index in [9.17, 15) is 19.2 Å². The van der Waals surface area contributed by atoms with Gasteiger partial charge in [0.15, 0.2) is 0 Å². The summed E-state index contributed by atoms with van der Waals surface area (Å²) in [5.41, 5.74) is 0.897. The second-order valence-electron chi connectivity index (χ2n) is 9.28. The molecule has 0 aliphatic carbocycles. The largest absolute Gasteiger partial charge is 0.382 e. The molecule has 3 amide bonds. The summed E-state index contributed by atoms with van der Waals surface area (Å²) in [6.07, 6.45) is 3.69. The highest BCUT2D eigenvalue weighted by atomic mass is 16.5. The summed E-state index contributed by atoms with van der Waals surface area (Å²) in [5.74, 6) is -0.994. The molecule has 1 atom stereocenters. The van der Waals surface area contributed by atoms with Crippen LogP contribution in [0.4, 0.5) is 5.69 Å². The lowest BCUT2D eigenvalue weighted by atomic mass is 10.1. The minimum absolute atomic E-state index is 0.120. The molecule has 1 aliphatic rings. The number of nitrogens with one attached hydrogen (secondary N) is 3. The van der Waals surface area contributed by atoms with E-state index in [4.69, 9.17) is 14.2 Å². The lowest BCUT2D eigenvalue weighted by molar-refractivity contribution is -0.136. The SMILES string of the molecule is CC(=O)NCc1cn(CCOCCOCCOCCNc2cccc3cnn(C4CCC(=O)NC4=O)c(=O)c23)nn1. The Kier molecular flexibility index (Phi) is 10.9. The number of carbonyl (C=O) groups excluding carboxylic acids is 3. The van der Waals surface area contributed by atoms with Gasteiger partial charge in [-0.15, -0.1) is 5.10 Å². The maximum absolute atomic E-state index is 13.2. The molecule has 1 aliphatic heterocycles. The van der Waals surface area contributed by atoms with Crippen molar-refractivity contribution >= 4 is 34.2 Å². The summed E-state index contributed by atoms with van der Waals surface area (Å²) in [4.78, 5) is 47.9. The molecule has 41 heavy (non-hydrogen) atoms. The molecule has 0 saturated carbocycles. The summed E-state index contributed by atoms with van der Waals surface area (Å²) in [5, 5.41) is 21.3. The van der Waals surface area contributed by atoms with Gasteiger partial charge in [-0.25, -0.2) is 9.36 Å². The second kappa shape index (κ2) is 15.0. The van der Waals surface area contributed by atoms with E-state index in [0.717, 1.165) is 4.68 Å². The number of nitrogens with zero attached hydrogens (tertiary/aromatic N) is 5. The Labute approximate surface area is 235 Å². The molecule has 1 saturated heterocycles. The first kappa shape index (κ1) is 29.8. The Morgan fingerprint density at radius 1 is 1.07 bits per heavy atom. The molecule has 1 fully saturated rings. The van der Waals surface area contributed by atoms with Crippen LogP contribution in [0.1, 0.15) is 31.5 Å². The van der Waals surface area contributed by atoms with Gasteiger partial charge >= 0.3 is 0 Å². The van der Waals surface area contributed by atoms with Crippen molar-refractivity contribution in [1.29, 1.82) is 0 Å². The lowest BCUT2D eigenvalue weighted by Gasteiger charge is -2.22. The van der Waals surface area contributed by atoms with Crippen LogP contribution in [0, 0.1) is 0 Å². The monoisotopic (exact) mass is 570 g/mol. The van der Waals surface area contributed by atoms with E-state index >= 15 is 0 Å². The number of piperidine rings is 1. The minimum atomic E-state index is -0.824. The van der Waals surface area contributed by atoms with Gasteiger partial charge in [0.25, 0.3) is 11.5 Å². The minimum Gasteiger partial charge on any atom is -0.382 e. The zero-order chi connectivity index (χ0) is 29.0. The number of fused-ring (bicyclic) bond motifs is 1. The van der Waals surface area contributed by atoms with Gasteiger partial charge in [-0.05, 0) is 12.5 Å². The third kappa shape index (κ3) is 8.64. The molecule has 4 rings (SSSR count). The molecule has 1 aromatic carbocycles. The Morgan fingerprint density at radius 3 is 2.59 bits per heavy atom. The topological polar surface area (TPSA) is 181 Å². The normalized spacial score (nSPS) is 15.2. The maximum atomic E-state index is 13.2. The van der Waals surface area contributed by atoms with Gasteiger partial charge in [0.1, 0.15) is 11.7 Å². The molecule has 0 radical (unpaired) electrons. The van der Waals surface area contributed by atoms with Gasteiger partial charge in [0.2, 0.25) is 11.8 Å². The Balaban J connectivity index is 1.10. The Morgan fingerprint density at radius 2 is 1.83 bits per heavy atom. The highest BCUT2D eigenvalue weighted by Crippen LogP contribution is 2.21. The fourth-order valence-electron chi connectivity index (χ4n) is 4.19. The van der Waals surface area contributed by atoms with Crippen LogP contribution in [0.15, 0.2) is 35.4 Å². The van der Waals surface area contributed by atoms with Crippen molar-refractivity contribution < 1.29 is 28.6 Å². The first-order chi connectivity index (χ1) is 19.9. The van der Waals surface area contributed by atoms with Gasteiger partial charge in [-0.3, -0.25) is 24.5 Å². The fraction of sp³-hybridized carbons (Fsp3) is 0.500. The molecule has 3 aromatic rings. The number of aromatic nitrogens is 5. The van der Waals surface area contributed by atoms with Crippen LogP contribution in [0.25, 0.3) is 10.8 Å². The first-order valence-corrected chi connectivity index (χ1v) is 13.4. The lowest BCUT2D eigenvalue weighted by Crippen LogP contribution is -2.45. The maximum Gasteiger partial charge on any atom is 0.277 e. The summed E-state index contributed by atoms with van der Waals surface area (Å²) in [6.45, 7) is 5.31. The summed E-state index contributed by atoms with van der Waals surface area (Å²) >= 11 is 0. The van der Waals surface area contributed by atoms with Crippen LogP contribution in [-0.4, -0.2) is 88.7 Å². The molecule has 220 valence electrons. The number of anilines is 1. The zero-order valence-electron chi connectivity index (χ0n) is 22.8. The third-order valence-corrected chi connectivity index (χ3v) is 6.22. The van der Waals surface area contributed by atoms with Crippen LogP contribution >= 0.6 is 0 Å². The van der Waals surface area contributed by atoms with E-state index in [1.54, 1.807) is 29.2 Å². The molecule has 1 unspecified atom stereocenters. The molecule has 3 N–H and O–H groups in total. The summed E-state index contributed by atoms with van der Waals surface area (Å²) < 4.78 is 19.5. The molecular formula is C26H34N8O7. The Hall–Kier alpha value is -4.21. The number of hydrogen-bond donors (Lipinski definition) is 3. The highest BCUT2D eigenvalue weighted by molar-refractivity contribution is 5.99. The zero-order valence-corrected chi connectivity index (χ0v) is 22.8. The second-order valence-corrected chi connectivity index (χ2v) is 9.28. The Bertz CT molecular complexity index is 1410. The van der Waals surface area contributed by atoms with E-state index in [1.165, 1.54) is 6.92 Å². The molecule has 3 heterocycles. The van der Waals surface area contributed by atoms with E-state index in [2.05, 4.69) is 31.4 Å². The van der Waals surface area contributed by atoms with Crippen LogP contribution in [0.5, 0.6) is 0 Å². The van der Waals surface area contributed by atoms with Crippen LogP contribution in [0.3, 0.4) is 0 Å². The quantitative estimate of drug-likeness (QED) is 0.153. The number of amides is 3. The van der Waals surface area contributed by atoms with Crippen LogP contribution in [-0.2, 0) is 41.7 Å². The van der Waals surface area contributed by atoms with Crippen molar-refractivity contribution in [3.05, 3.63) is 46.6 Å². The van der Waals surface area contributed by atoms with E-state index in [1.807, 2.05) is 6.07 Å². The van der Waals surface area contributed by atoms with Crippen molar-refractivity contribution in [2.45, 2.75) is 38.9 Å². The van der Waals surface area contributed by atoms with Crippen molar-refractivity contribution in [2.75, 3.05) is 51.5 Å².